The number of nitriles is 1. The molecule has 1 fully saturated rings. The molecule has 0 bridgehead atoms. The van der Waals surface area contributed by atoms with Crippen molar-refractivity contribution in [2.75, 3.05) is 31.2 Å². The predicted octanol–water partition coefficient (Wildman–Crippen LogP) is 5.58. The number of rotatable bonds is 10. The molecule has 3 aromatic heterocycles. The van der Waals surface area contributed by atoms with Crippen LogP contribution in [0.3, 0.4) is 0 Å². The lowest BCUT2D eigenvalue weighted by atomic mass is 9.88. The molecule has 1 aliphatic rings. The predicted molar refractivity (Wildman–Crippen MR) is 146 cm³/mol. The van der Waals surface area contributed by atoms with Gasteiger partial charge in [-0.15, -0.1) is 0 Å². The summed E-state index contributed by atoms with van der Waals surface area (Å²) < 4.78 is 26.0. The second-order valence-corrected chi connectivity index (χ2v) is 10.5. The number of ketones is 1. The lowest BCUT2D eigenvalue weighted by molar-refractivity contribution is 0.00383. The number of hydrogen-bond acceptors (Lipinski definition) is 9. The Morgan fingerprint density at radius 1 is 1.36 bits per heavy atom. The Kier molecular flexibility index (Phi) is 9.32. The number of halogens is 2. The third kappa shape index (κ3) is 6.13. The van der Waals surface area contributed by atoms with Crippen LogP contribution in [0.15, 0.2) is 18.3 Å². The maximum atomic E-state index is 14.6. The molecule has 1 N–H and O–H groups in total. The number of esters is 1. The van der Waals surface area contributed by atoms with Gasteiger partial charge in [0.15, 0.2) is 16.7 Å². The van der Waals surface area contributed by atoms with Gasteiger partial charge in [0, 0.05) is 38.0 Å². The summed E-state index contributed by atoms with van der Waals surface area (Å²) in [7, 11) is 0. The van der Waals surface area contributed by atoms with Crippen LogP contribution >= 0.6 is 22.9 Å². The van der Waals surface area contributed by atoms with E-state index in [1.165, 1.54) is 18.3 Å². The number of thiazole rings is 1. The van der Waals surface area contributed by atoms with Crippen LogP contribution in [-0.4, -0.2) is 59.1 Å². The number of aromatic nitrogens is 3. The molecular weight excluding hydrogens is 545 g/mol. The number of H-pyrrole nitrogens is 1. The smallest absolute Gasteiger partial charge is 0.350 e. The van der Waals surface area contributed by atoms with Gasteiger partial charge in [-0.2, -0.15) is 5.26 Å². The number of carbonyl (C=O) groups is 2. The molecule has 0 saturated carbocycles. The van der Waals surface area contributed by atoms with Gasteiger partial charge in [-0.1, -0.05) is 29.9 Å². The number of hydrogen-bond donors (Lipinski definition) is 1. The SMILES string of the molecule is CCCO[C@H]1CN(c2nc(-c3ncccc3F)c(C(=O)OCC)s2)CC[C@H]1CC(=O)c1[nH]c(C)c(Cl)c1C#N. The van der Waals surface area contributed by atoms with Gasteiger partial charge >= 0.3 is 5.97 Å². The van der Waals surface area contributed by atoms with Crippen LogP contribution in [0.25, 0.3) is 11.4 Å². The fraction of sp³-hybridized carbons (Fsp3) is 0.444. The molecule has 0 aliphatic carbocycles. The lowest BCUT2D eigenvalue weighted by Crippen LogP contribution is -2.46. The summed E-state index contributed by atoms with van der Waals surface area (Å²) in [5, 5.41) is 10.3. The van der Waals surface area contributed by atoms with Crippen molar-refractivity contribution in [1.82, 2.24) is 15.0 Å². The Hall–Kier alpha value is -3.33. The van der Waals surface area contributed by atoms with Crippen LogP contribution in [0.5, 0.6) is 0 Å². The van der Waals surface area contributed by atoms with Crippen molar-refractivity contribution in [1.29, 1.82) is 5.26 Å². The van der Waals surface area contributed by atoms with E-state index in [4.69, 9.17) is 21.1 Å². The van der Waals surface area contributed by atoms with Crippen molar-refractivity contribution < 1.29 is 23.5 Å². The first-order valence-electron chi connectivity index (χ1n) is 12.8. The van der Waals surface area contributed by atoms with Crippen LogP contribution in [-0.2, 0) is 9.47 Å². The van der Waals surface area contributed by atoms with E-state index >= 15 is 0 Å². The molecule has 12 heteroatoms. The minimum absolute atomic E-state index is 0.0180. The third-order valence-electron chi connectivity index (χ3n) is 6.51. The number of nitrogens with zero attached hydrogens (tertiary/aromatic N) is 4. The first-order valence-corrected chi connectivity index (χ1v) is 13.9. The Bertz CT molecular complexity index is 1400. The average molecular weight is 574 g/mol. The summed E-state index contributed by atoms with van der Waals surface area (Å²) in [6.07, 6.45) is 2.74. The van der Waals surface area contributed by atoms with Crippen molar-refractivity contribution in [2.45, 2.75) is 46.1 Å². The normalized spacial score (nSPS) is 17.2. The maximum Gasteiger partial charge on any atom is 0.350 e. The summed E-state index contributed by atoms with van der Waals surface area (Å²) in [6.45, 7) is 7.06. The van der Waals surface area contributed by atoms with Gasteiger partial charge in [0.2, 0.25) is 0 Å². The quantitative estimate of drug-likeness (QED) is 0.246. The highest BCUT2D eigenvalue weighted by Gasteiger charge is 2.35. The molecule has 4 rings (SSSR count). The van der Waals surface area contributed by atoms with Gasteiger partial charge in [-0.05, 0) is 44.7 Å². The minimum Gasteiger partial charge on any atom is -0.462 e. The Labute approximate surface area is 234 Å². The molecule has 3 aromatic rings. The van der Waals surface area contributed by atoms with Crippen molar-refractivity contribution in [3.8, 4) is 17.5 Å². The number of Topliss-reactive ketones (excluding diaryl/α,β-unsaturated/α-hetero) is 1. The molecule has 0 aromatic carbocycles. The fourth-order valence-electron chi connectivity index (χ4n) is 4.59. The average Bonchev–Trinajstić information content (AvgIpc) is 3.49. The van der Waals surface area contributed by atoms with Gasteiger partial charge < -0.3 is 19.4 Å². The van der Waals surface area contributed by atoms with E-state index in [1.54, 1.807) is 13.8 Å². The minimum atomic E-state index is -0.589. The fourth-order valence-corrected chi connectivity index (χ4v) is 5.77. The van der Waals surface area contributed by atoms with Gasteiger partial charge in [-0.3, -0.25) is 9.78 Å². The number of anilines is 1. The summed E-state index contributed by atoms with van der Waals surface area (Å²) >= 11 is 7.31. The number of aromatic amines is 1. The highest BCUT2D eigenvalue weighted by atomic mass is 35.5. The van der Waals surface area contributed by atoms with Crippen molar-refractivity contribution >= 4 is 39.8 Å². The number of pyridine rings is 1. The molecule has 0 radical (unpaired) electrons. The van der Waals surface area contributed by atoms with Gasteiger partial charge in [0.25, 0.3) is 0 Å². The molecule has 2 atom stereocenters. The van der Waals surface area contributed by atoms with E-state index in [-0.39, 0.29) is 63.4 Å². The zero-order chi connectivity index (χ0) is 28.1. The topological polar surface area (TPSA) is 121 Å². The van der Waals surface area contributed by atoms with E-state index in [1.807, 2.05) is 17.9 Å². The number of ether oxygens (including phenoxy) is 2. The van der Waals surface area contributed by atoms with E-state index in [0.29, 0.717) is 36.9 Å². The molecule has 206 valence electrons. The third-order valence-corrected chi connectivity index (χ3v) is 8.08. The lowest BCUT2D eigenvalue weighted by Gasteiger charge is -2.38. The summed E-state index contributed by atoms with van der Waals surface area (Å²) in [5.74, 6) is -1.48. The summed E-state index contributed by atoms with van der Waals surface area (Å²) in [5.41, 5.74) is 1.07. The molecule has 0 unspecified atom stereocenters. The van der Waals surface area contributed by atoms with E-state index in [2.05, 4.69) is 15.0 Å². The zero-order valence-electron chi connectivity index (χ0n) is 21.9. The van der Waals surface area contributed by atoms with Crippen LogP contribution in [0.1, 0.15) is 64.5 Å². The monoisotopic (exact) mass is 573 g/mol. The maximum absolute atomic E-state index is 14.6. The second-order valence-electron chi connectivity index (χ2n) is 9.19. The van der Waals surface area contributed by atoms with Gasteiger partial charge in [-0.25, -0.2) is 14.2 Å². The standard InChI is InChI=1S/C27H29ClFN5O4S/c1-4-11-38-20-14-34(10-8-16(20)12-19(35)22-17(13-30)21(28)15(3)32-22)27-33-24(23-18(29)7-6-9-31-23)25(39-27)26(36)37-5-2/h6-7,9,16,20,32H,4-5,8,10-12,14H2,1-3H3/t16-,20-/m0/s1. The molecule has 1 saturated heterocycles. The second kappa shape index (κ2) is 12.7. The van der Waals surface area contributed by atoms with Crippen LogP contribution in [0.4, 0.5) is 9.52 Å². The van der Waals surface area contributed by atoms with Gasteiger partial charge in [0.1, 0.15) is 28.0 Å². The molecule has 4 heterocycles. The number of nitrogens with one attached hydrogen (secondary N) is 1. The molecule has 9 nitrogen and oxygen atoms in total. The zero-order valence-corrected chi connectivity index (χ0v) is 23.5. The van der Waals surface area contributed by atoms with E-state index < -0.39 is 11.8 Å². The Morgan fingerprint density at radius 2 is 2.15 bits per heavy atom. The van der Waals surface area contributed by atoms with E-state index in [9.17, 15) is 19.2 Å². The molecule has 0 spiro atoms. The first-order chi connectivity index (χ1) is 18.8. The number of piperidine rings is 1. The van der Waals surface area contributed by atoms with Crippen LogP contribution in [0, 0.1) is 30.0 Å². The van der Waals surface area contributed by atoms with E-state index in [0.717, 1.165) is 17.8 Å². The molecular formula is C27H29ClFN5O4S. The molecule has 39 heavy (non-hydrogen) atoms. The van der Waals surface area contributed by atoms with Crippen LogP contribution < -0.4 is 4.90 Å². The van der Waals surface area contributed by atoms with Crippen molar-refractivity contribution in [2.24, 2.45) is 5.92 Å². The highest BCUT2D eigenvalue weighted by Crippen LogP contribution is 2.37. The highest BCUT2D eigenvalue weighted by molar-refractivity contribution is 7.17. The largest absolute Gasteiger partial charge is 0.462 e. The van der Waals surface area contributed by atoms with Crippen molar-refractivity contribution in [3.05, 3.63) is 51.0 Å². The summed E-state index contributed by atoms with van der Waals surface area (Å²) in [6, 6.07) is 4.76. The van der Waals surface area contributed by atoms with Gasteiger partial charge in [0.05, 0.1) is 23.3 Å². The number of carbonyl (C=O) groups excluding carboxylic acids is 2. The first kappa shape index (κ1) is 28.7. The number of aryl methyl sites for hydroxylation is 1. The Balaban J connectivity index is 1.59. The van der Waals surface area contributed by atoms with Crippen molar-refractivity contribution in [3.63, 3.8) is 0 Å². The molecule has 0 amide bonds. The van der Waals surface area contributed by atoms with Crippen LogP contribution in [0.2, 0.25) is 5.02 Å². The summed E-state index contributed by atoms with van der Waals surface area (Å²) in [4.78, 5) is 39.7. The Morgan fingerprint density at radius 3 is 2.85 bits per heavy atom. The molecule has 1 aliphatic heterocycles.